The summed E-state index contributed by atoms with van der Waals surface area (Å²) in [4.78, 5) is 26.6. The smallest absolute Gasteiger partial charge is 0.414 e. The number of cyclic esters (lactones) is 1. The number of rotatable bonds is 10. The highest BCUT2D eigenvalue weighted by molar-refractivity contribution is 7.80. The Hall–Kier alpha value is -3.31. The van der Waals surface area contributed by atoms with Gasteiger partial charge in [-0.1, -0.05) is 42.5 Å². The van der Waals surface area contributed by atoms with Crippen molar-refractivity contribution >= 4 is 40.6 Å². The zero-order chi connectivity index (χ0) is 25.5. The molecule has 0 aromatic heterocycles. The summed E-state index contributed by atoms with van der Waals surface area (Å²) < 4.78 is 35.3. The van der Waals surface area contributed by atoms with Gasteiger partial charge >= 0.3 is 6.09 Å². The third kappa shape index (κ3) is 6.64. The Bertz CT molecular complexity index is 1050. The van der Waals surface area contributed by atoms with Crippen LogP contribution in [0.5, 0.6) is 0 Å². The van der Waals surface area contributed by atoms with E-state index in [2.05, 4.69) is 10.7 Å². The van der Waals surface area contributed by atoms with Gasteiger partial charge in [0.05, 0.1) is 18.8 Å². The molecule has 1 heterocycles. The number of hydrazine groups is 1. The summed E-state index contributed by atoms with van der Waals surface area (Å²) >= 11 is 5.47. The Morgan fingerprint density at radius 1 is 1.23 bits per heavy atom. The van der Waals surface area contributed by atoms with Gasteiger partial charge in [-0.15, -0.1) is 0 Å². The summed E-state index contributed by atoms with van der Waals surface area (Å²) in [6.07, 6.45) is -1.32. The van der Waals surface area contributed by atoms with E-state index in [-0.39, 0.29) is 30.4 Å². The van der Waals surface area contributed by atoms with Crippen molar-refractivity contribution < 1.29 is 23.1 Å². The SMILES string of the molecule is CCN(CCNN(C)C(=S)c1ccccc1)c1c(F)cc(N2C[C@H](CNC(C)=O)OC2=O)cc1F. The van der Waals surface area contributed by atoms with E-state index < -0.39 is 23.8 Å². The van der Waals surface area contributed by atoms with Gasteiger partial charge in [-0.05, 0) is 6.92 Å². The predicted octanol–water partition coefficient (Wildman–Crippen LogP) is 3.06. The second-order valence-corrected chi connectivity index (χ2v) is 8.42. The minimum atomic E-state index is -0.784. The van der Waals surface area contributed by atoms with E-state index in [4.69, 9.17) is 17.0 Å². The number of halogens is 2. The van der Waals surface area contributed by atoms with Crippen molar-refractivity contribution in [3.63, 3.8) is 0 Å². The first kappa shape index (κ1) is 26.3. The average Bonchev–Trinajstić information content (AvgIpc) is 3.21. The fourth-order valence-electron chi connectivity index (χ4n) is 3.73. The van der Waals surface area contributed by atoms with Crippen LogP contribution in [0.25, 0.3) is 0 Å². The number of thiocarbonyl (C=S) groups is 1. The van der Waals surface area contributed by atoms with Crippen LogP contribution in [0, 0.1) is 11.6 Å². The molecule has 1 aliphatic rings. The van der Waals surface area contributed by atoms with E-state index in [1.54, 1.807) is 23.9 Å². The van der Waals surface area contributed by atoms with Crippen LogP contribution in [0.15, 0.2) is 42.5 Å². The zero-order valence-electron chi connectivity index (χ0n) is 19.9. The molecule has 1 fully saturated rings. The van der Waals surface area contributed by atoms with E-state index in [9.17, 15) is 9.59 Å². The number of likely N-dealkylation sites (N-methyl/N-ethyl adjacent to an activating group) is 1. The molecule has 1 aliphatic heterocycles. The second-order valence-electron chi connectivity index (χ2n) is 8.03. The number of nitrogens with one attached hydrogen (secondary N) is 2. The van der Waals surface area contributed by atoms with Crippen molar-refractivity contribution in [2.45, 2.75) is 20.0 Å². The molecule has 8 nitrogen and oxygen atoms in total. The maximum Gasteiger partial charge on any atom is 0.414 e. The maximum absolute atomic E-state index is 15.0. The number of nitrogens with zero attached hydrogens (tertiary/aromatic N) is 3. The Balaban J connectivity index is 1.63. The summed E-state index contributed by atoms with van der Waals surface area (Å²) in [5.74, 6) is -1.83. The Labute approximate surface area is 208 Å². The van der Waals surface area contributed by atoms with E-state index in [0.717, 1.165) is 22.6 Å². The molecule has 1 saturated heterocycles. The van der Waals surface area contributed by atoms with E-state index >= 15 is 8.78 Å². The highest BCUT2D eigenvalue weighted by Crippen LogP contribution is 2.30. The van der Waals surface area contributed by atoms with Gasteiger partial charge in [-0.2, -0.15) is 0 Å². The van der Waals surface area contributed by atoms with E-state index in [1.165, 1.54) is 6.92 Å². The van der Waals surface area contributed by atoms with Crippen LogP contribution in [0.2, 0.25) is 0 Å². The highest BCUT2D eigenvalue weighted by Gasteiger charge is 2.33. The minimum Gasteiger partial charge on any atom is -0.442 e. The number of hydrogen-bond acceptors (Lipinski definition) is 6. The van der Waals surface area contributed by atoms with Gasteiger partial charge in [0.2, 0.25) is 5.91 Å². The molecular formula is C24H29F2N5O3S. The monoisotopic (exact) mass is 505 g/mol. The first-order valence-corrected chi connectivity index (χ1v) is 11.6. The van der Waals surface area contributed by atoms with Gasteiger partial charge in [0.15, 0.2) is 11.6 Å². The van der Waals surface area contributed by atoms with Crippen LogP contribution >= 0.6 is 12.2 Å². The highest BCUT2D eigenvalue weighted by atomic mass is 32.1. The molecule has 35 heavy (non-hydrogen) atoms. The summed E-state index contributed by atoms with van der Waals surface area (Å²) in [6, 6.07) is 11.8. The average molecular weight is 506 g/mol. The van der Waals surface area contributed by atoms with Crippen LogP contribution in [0.3, 0.4) is 0 Å². The molecule has 11 heteroatoms. The molecule has 2 aromatic carbocycles. The predicted molar refractivity (Wildman–Crippen MR) is 134 cm³/mol. The second kappa shape index (κ2) is 11.9. The molecule has 0 radical (unpaired) electrons. The number of benzene rings is 2. The molecule has 0 spiro atoms. The molecule has 0 saturated carbocycles. The van der Waals surface area contributed by atoms with Gasteiger partial charge in [0, 0.05) is 51.3 Å². The van der Waals surface area contributed by atoms with Crippen molar-refractivity contribution in [3.8, 4) is 0 Å². The summed E-state index contributed by atoms with van der Waals surface area (Å²) in [5.41, 5.74) is 3.92. The standard InChI is InChI=1S/C24H29F2N5O3S/c1-4-30(11-10-28-29(3)23(35)17-8-6-5-7-9-17)22-20(25)12-18(13-21(22)26)31-15-19(34-24(31)33)14-27-16(2)32/h5-9,12-13,19,28H,4,10-11,14-15H2,1-3H3,(H,27,32)/t19-/m0/s1. The van der Waals surface area contributed by atoms with Crippen LogP contribution in [-0.2, 0) is 9.53 Å². The molecule has 188 valence electrons. The number of hydrogen-bond donors (Lipinski definition) is 2. The van der Waals surface area contributed by atoms with Crippen LogP contribution in [-0.4, -0.2) is 67.9 Å². The van der Waals surface area contributed by atoms with Gasteiger partial charge < -0.3 is 20.0 Å². The fraction of sp³-hybridized carbons (Fsp3) is 0.375. The van der Waals surface area contributed by atoms with E-state index in [1.807, 2.05) is 30.3 Å². The first-order chi connectivity index (χ1) is 16.7. The number of carbonyl (C=O) groups is 2. The summed E-state index contributed by atoms with van der Waals surface area (Å²) in [5, 5.41) is 4.26. The fourth-order valence-corrected chi connectivity index (χ4v) is 3.93. The van der Waals surface area contributed by atoms with Gasteiger partial charge in [-0.25, -0.2) is 19.0 Å². The quantitative estimate of drug-likeness (QED) is 0.380. The summed E-state index contributed by atoms with van der Waals surface area (Å²) in [7, 11) is 1.79. The maximum atomic E-state index is 15.0. The number of amides is 2. The molecule has 0 aliphatic carbocycles. The van der Waals surface area contributed by atoms with Gasteiger partial charge in [0.1, 0.15) is 16.8 Å². The topological polar surface area (TPSA) is 77.2 Å². The molecule has 2 aromatic rings. The molecule has 0 unspecified atom stereocenters. The van der Waals surface area contributed by atoms with Crippen molar-refractivity contribution in [2.75, 3.05) is 49.6 Å². The lowest BCUT2D eigenvalue weighted by Gasteiger charge is -2.27. The molecule has 3 rings (SSSR count). The Morgan fingerprint density at radius 3 is 2.49 bits per heavy atom. The first-order valence-electron chi connectivity index (χ1n) is 11.2. The van der Waals surface area contributed by atoms with Crippen molar-refractivity contribution in [1.82, 2.24) is 15.8 Å². The molecule has 2 N–H and O–H groups in total. The third-order valence-electron chi connectivity index (χ3n) is 5.52. The normalized spacial score (nSPS) is 15.1. The lowest BCUT2D eigenvalue weighted by atomic mass is 10.2. The number of ether oxygens (including phenoxy) is 1. The van der Waals surface area contributed by atoms with Crippen LogP contribution < -0.4 is 20.5 Å². The van der Waals surface area contributed by atoms with Crippen molar-refractivity contribution in [2.24, 2.45) is 0 Å². The molecule has 1 atom stereocenters. The molecular weight excluding hydrogens is 476 g/mol. The van der Waals surface area contributed by atoms with Crippen LogP contribution in [0.1, 0.15) is 19.4 Å². The minimum absolute atomic E-state index is 0.0567. The van der Waals surface area contributed by atoms with E-state index in [0.29, 0.717) is 24.6 Å². The Morgan fingerprint density at radius 2 is 1.89 bits per heavy atom. The van der Waals surface area contributed by atoms with Crippen molar-refractivity contribution in [3.05, 3.63) is 59.7 Å². The van der Waals surface area contributed by atoms with Gasteiger partial charge in [-0.3, -0.25) is 9.69 Å². The number of carbonyl (C=O) groups excluding carboxylic acids is 2. The van der Waals surface area contributed by atoms with Crippen LogP contribution in [0.4, 0.5) is 25.0 Å². The Kier molecular flexibility index (Phi) is 8.94. The summed E-state index contributed by atoms with van der Waals surface area (Å²) in [6.45, 7) is 4.42. The zero-order valence-corrected chi connectivity index (χ0v) is 20.7. The third-order valence-corrected chi connectivity index (χ3v) is 6.03. The largest absolute Gasteiger partial charge is 0.442 e. The van der Waals surface area contributed by atoms with Crippen molar-refractivity contribution in [1.29, 1.82) is 0 Å². The number of anilines is 2. The lowest BCUT2D eigenvalue weighted by molar-refractivity contribution is -0.119. The van der Waals surface area contributed by atoms with Gasteiger partial charge in [0.25, 0.3) is 0 Å². The molecule has 0 bridgehead atoms. The molecule has 2 amide bonds. The lowest BCUT2D eigenvalue weighted by Crippen LogP contribution is -2.43.